The van der Waals surface area contributed by atoms with Crippen LogP contribution in [0.5, 0.6) is 0 Å². The Hall–Kier alpha value is -2.70. The molecule has 31 heavy (non-hydrogen) atoms. The van der Waals surface area contributed by atoms with Gasteiger partial charge < -0.3 is 14.2 Å². The van der Waals surface area contributed by atoms with Gasteiger partial charge in [-0.15, -0.1) is 0 Å². The van der Waals surface area contributed by atoms with Crippen LogP contribution >= 0.6 is 0 Å². The van der Waals surface area contributed by atoms with Crippen LogP contribution in [0.4, 0.5) is 5.69 Å². The maximum atomic E-state index is 12.9. The Labute approximate surface area is 183 Å². The maximum absolute atomic E-state index is 12.9. The van der Waals surface area contributed by atoms with E-state index in [1.54, 1.807) is 0 Å². The molecule has 1 atom stereocenters. The Morgan fingerprint density at radius 1 is 1.03 bits per heavy atom. The number of rotatable bonds is 6. The Morgan fingerprint density at radius 2 is 1.81 bits per heavy atom. The molecule has 0 bridgehead atoms. The molecule has 0 N–H and O–H groups in total. The van der Waals surface area contributed by atoms with Crippen molar-refractivity contribution in [2.75, 3.05) is 44.3 Å². The van der Waals surface area contributed by atoms with Crippen molar-refractivity contribution in [1.29, 1.82) is 0 Å². The maximum Gasteiger partial charge on any atom is 0.227 e. The van der Waals surface area contributed by atoms with E-state index >= 15 is 0 Å². The minimum absolute atomic E-state index is 0.107. The van der Waals surface area contributed by atoms with Gasteiger partial charge in [0.15, 0.2) is 0 Å². The molecule has 3 aromatic rings. The van der Waals surface area contributed by atoms with Crippen LogP contribution in [0.15, 0.2) is 48.5 Å². The summed E-state index contributed by atoms with van der Waals surface area (Å²) in [5, 5.41) is 0. The smallest absolute Gasteiger partial charge is 0.227 e. The highest BCUT2D eigenvalue weighted by atomic mass is 16.5. The highest BCUT2D eigenvalue weighted by Crippen LogP contribution is 2.33. The minimum atomic E-state index is 0.107. The first-order chi connectivity index (χ1) is 15.2. The molecular weight excluding hydrogens is 388 g/mol. The zero-order valence-corrected chi connectivity index (χ0v) is 18.2. The van der Waals surface area contributed by atoms with E-state index in [4.69, 9.17) is 9.72 Å². The van der Waals surface area contributed by atoms with Crippen molar-refractivity contribution in [2.45, 2.75) is 32.2 Å². The predicted molar refractivity (Wildman–Crippen MR) is 123 cm³/mol. The number of hydrogen-bond acceptors (Lipinski definition) is 4. The number of anilines is 1. The number of imidazole rings is 1. The van der Waals surface area contributed by atoms with Crippen molar-refractivity contribution in [3.05, 3.63) is 59.9 Å². The zero-order chi connectivity index (χ0) is 21.2. The van der Waals surface area contributed by atoms with Crippen LogP contribution in [0.1, 0.15) is 30.7 Å². The summed E-state index contributed by atoms with van der Waals surface area (Å²) in [6.45, 7) is 8.25. The van der Waals surface area contributed by atoms with Gasteiger partial charge >= 0.3 is 0 Å². The molecule has 2 aromatic carbocycles. The van der Waals surface area contributed by atoms with E-state index in [1.165, 1.54) is 5.56 Å². The van der Waals surface area contributed by atoms with Crippen LogP contribution in [-0.2, 0) is 22.5 Å². The molecule has 2 aliphatic heterocycles. The molecule has 1 unspecified atom stereocenters. The lowest BCUT2D eigenvalue weighted by atomic mass is 10.1. The monoisotopic (exact) mass is 418 g/mol. The molecule has 0 saturated carbocycles. The summed E-state index contributed by atoms with van der Waals surface area (Å²) in [6.07, 6.45) is 1.51. The Bertz CT molecular complexity index is 1050. The fraction of sp³-hybridized carbons (Fsp3) is 0.440. The van der Waals surface area contributed by atoms with Gasteiger partial charge in [0.05, 0.1) is 24.2 Å². The van der Waals surface area contributed by atoms with Crippen LogP contribution in [-0.4, -0.2) is 59.8 Å². The highest BCUT2D eigenvalue weighted by molar-refractivity contribution is 5.96. The fourth-order valence-electron chi connectivity index (χ4n) is 4.75. The number of carbonyl (C=O) groups is 1. The third kappa shape index (κ3) is 4.10. The second-order valence-corrected chi connectivity index (χ2v) is 8.49. The Balaban J connectivity index is 1.40. The molecule has 0 radical (unpaired) electrons. The van der Waals surface area contributed by atoms with E-state index in [1.807, 2.05) is 11.0 Å². The molecular formula is C25H30N4O2. The van der Waals surface area contributed by atoms with Crippen LogP contribution in [0.25, 0.3) is 11.0 Å². The fourth-order valence-corrected chi connectivity index (χ4v) is 4.75. The number of amides is 1. The molecule has 2 fully saturated rings. The van der Waals surface area contributed by atoms with E-state index in [0.29, 0.717) is 13.0 Å². The number of para-hydroxylation sites is 2. The number of benzene rings is 2. The summed E-state index contributed by atoms with van der Waals surface area (Å²) < 4.78 is 7.83. The third-order valence-electron chi connectivity index (χ3n) is 6.57. The second-order valence-electron chi connectivity index (χ2n) is 8.49. The third-order valence-corrected chi connectivity index (χ3v) is 6.57. The molecule has 6 heteroatoms. The average Bonchev–Trinajstić information content (AvgIpc) is 3.39. The zero-order valence-electron chi connectivity index (χ0n) is 18.2. The van der Waals surface area contributed by atoms with Gasteiger partial charge in [-0.2, -0.15) is 0 Å². The minimum Gasteiger partial charge on any atom is -0.379 e. The highest BCUT2D eigenvalue weighted by Gasteiger charge is 2.34. The van der Waals surface area contributed by atoms with Crippen LogP contribution < -0.4 is 4.90 Å². The quantitative estimate of drug-likeness (QED) is 0.615. The van der Waals surface area contributed by atoms with Crippen molar-refractivity contribution >= 4 is 22.6 Å². The van der Waals surface area contributed by atoms with Gasteiger partial charge in [0.1, 0.15) is 5.82 Å². The molecule has 1 amide bonds. The van der Waals surface area contributed by atoms with E-state index < -0.39 is 0 Å². The van der Waals surface area contributed by atoms with E-state index in [0.717, 1.165) is 68.4 Å². The number of morpholine rings is 1. The predicted octanol–water partition coefficient (Wildman–Crippen LogP) is 3.45. The molecule has 2 saturated heterocycles. The summed E-state index contributed by atoms with van der Waals surface area (Å²) in [6, 6.07) is 16.7. The molecule has 162 valence electrons. The lowest BCUT2D eigenvalue weighted by Crippen LogP contribution is -2.38. The average molecular weight is 419 g/mol. The number of aromatic nitrogens is 2. The van der Waals surface area contributed by atoms with Crippen molar-refractivity contribution < 1.29 is 9.53 Å². The van der Waals surface area contributed by atoms with Crippen molar-refractivity contribution in [3.8, 4) is 0 Å². The number of ether oxygens (including phenoxy) is 1. The standard InChI is InChI=1S/C25H30N4O2/c1-2-19-7-9-21(10-8-19)29-18-20(17-24(29)30)25-26-22-5-3-4-6-23(22)28(25)12-11-27-13-15-31-16-14-27/h3-10,20H,2,11-18H2,1H3. The van der Waals surface area contributed by atoms with Gasteiger partial charge in [0.2, 0.25) is 5.91 Å². The lowest BCUT2D eigenvalue weighted by Gasteiger charge is -2.27. The topological polar surface area (TPSA) is 50.6 Å². The first-order valence-electron chi connectivity index (χ1n) is 11.4. The molecule has 2 aliphatic rings. The number of hydrogen-bond donors (Lipinski definition) is 0. The van der Waals surface area contributed by atoms with E-state index in [9.17, 15) is 4.79 Å². The van der Waals surface area contributed by atoms with Crippen LogP contribution in [0.3, 0.4) is 0 Å². The molecule has 1 aromatic heterocycles. The Morgan fingerprint density at radius 3 is 2.58 bits per heavy atom. The van der Waals surface area contributed by atoms with Crippen molar-refractivity contribution in [2.24, 2.45) is 0 Å². The van der Waals surface area contributed by atoms with Crippen LogP contribution in [0.2, 0.25) is 0 Å². The SMILES string of the molecule is CCc1ccc(N2CC(c3nc4ccccc4n3CCN3CCOCC3)CC2=O)cc1. The summed E-state index contributed by atoms with van der Waals surface area (Å²) in [7, 11) is 0. The van der Waals surface area contributed by atoms with E-state index in [-0.39, 0.29) is 11.8 Å². The first kappa shape index (κ1) is 20.2. The van der Waals surface area contributed by atoms with Gasteiger partial charge in [-0.3, -0.25) is 9.69 Å². The molecule has 5 rings (SSSR count). The second kappa shape index (κ2) is 8.81. The summed E-state index contributed by atoms with van der Waals surface area (Å²) in [5.41, 5.74) is 4.44. The number of carbonyl (C=O) groups excluding carboxylic acids is 1. The number of aryl methyl sites for hydroxylation is 1. The van der Waals surface area contributed by atoms with Crippen molar-refractivity contribution in [3.63, 3.8) is 0 Å². The van der Waals surface area contributed by atoms with Crippen LogP contribution in [0, 0.1) is 0 Å². The summed E-state index contributed by atoms with van der Waals surface area (Å²) in [5.74, 6) is 1.33. The normalized spacial score (nSPS) is 20.1. The summed E-state index contributed by atoms with van der Waals surface area (Å²) >= 11 is 0. The molecule has 6 nitrogen and oxygen atoms in total. The summed E-state index contributed by atoms with van der Waals surface area (Å²) in [4.78, 5) is 22.3. The van der Waals surface area contributed by atoms with Gasteiger partial charge in [0.25, 0.3) is 0 Å². The van der Waals surface area contributed by atoms with Gasteiger partial charge in [-0.25, -0.2) is 4.98 Å². The number of nitrogens with zero attached hydrogens (tertiary/aromatic N) is 4. The number of fused-ring (bicyclic) bond motifs is 1. The van der Waals surface area contributed by atoms with Gasteiger partial charge in [-0.05, 0) is 36.2 Å². The molecule has 0 spiro atoms. The Kier molecular flexibility index (Phi) is 5.74. The van der Waals surface area contributed by atoms with Gasteiger partial charge in [-0.1, -0.05) is 31.2 Å². The molecule has 3 heterocycles. The lowest BCUT2D eigenvalue weighted by molar-refractivity contribution is -0.117. The van der Waals surface area contributed by atoms with Crippen molar-refractivity contribution in [1.82, 2.24) is 14.5 Å². The van der Waals surface area contributed by atoms with Gasteiger partial charge in [0, 0.05) is 50.7 Å². The van der Waals surface area contributed by atoms with E-state index in [2.05, 4.69) is 58.9 Å². The largest absolute Gasteiger partial charge is 0.379 e. The molecule has 0 aliphatic carbocycles. The first-order valence-corrected chi connectivity index (χ1v) is 11.4.